The SMILES string of the molecule is C=C/C(=C\C=C(/COC)Nc1cccc2c1C(=O)N(C1CCC(=O)NC1=O)C2=O)OCCCN(C)C. The Morgan fingerprint density at radius 3 is 2.67 bits per heavy atom. The van der Waals surface area contributed by atoms with Gasteiger partial charge in [0.15, 0.2) is 0 Å². The number of hydrogen-bond acceptors (Lipinski definition) is 8. The van der Waals surface area contributed by atoms with E-state index in [-0.39, 0.29) is 30.6 Å². The number of piperidine rings is 1. The van der Waals surface area contributed by atoms with Gasteiger partial charge in [-0.3, -0.25) is 29.4 Å². The summed E-state index contributed by atoms with van der Waals surface area (Å²) >= 11 is 0. The van der Waals surface area contributed by atoms with E-state index in [1.807, 2.05) is 14.1 Å². The summed E-state index contributed by atoms with van der Waals surface area (Å²) in [4.78, 5) is 53.2. The second kappa shape index (κ2) is 12.3. The van der Waals surface area contributed by atoms with Crippen LogP contribution in [0.1, 0.15) is 40.0 Å². The van der Waals surface area contributed by atoms with Crippen LogP contribution < -0.4 is 10.6 Å². The zero-order valence-electron chi connectivity index (χ0n) is 20.8. The fourth-order valence-corrected chi connectivity index (χ4v) is 4.00. The first kappa shape index (κ1) is 26.8. The molecule has 3 rings (SSSR count). The maximum absolute atomic E-state index is 13.3. The molecule has 1 fully saturated rings. The van der Waals surface area contributed by atoms with Crippen molar-refractivity contribution in [1.29, 1.82) is 0 Å². The summed E-state index contributed by atoms with van der Waals surface area (Å²) in [6.45, 7) is 5.42. The van der Waals surface area contributed by atoms with Gasteiger partial charge < -0.3 is 19.7 Å². The average molecular weight is 497 g/mol. The number of nitrogens with one attached hydrogen (secondary N) is 2. The van der Waals surface area contributed by atoms with Crippen molar-refractivity contribution in [1.82, 2.24) is 15.1 Å². The maximum Gasteiger partial charge on any atom is 0.264 e. The van der Waals surface area contributed by atoms with E-state index in [2.05, 4.69) is 22.1 Å². The van der Waals surface area contributed by atoms with Gasteiger partial charge in [0.2, 0.25) is 11.8 Å². The molecule has 0 spiro atoms. The predicted octanol–water partition coefficient (Wildman–Crippen LogP) is 2.07. The summed E-state index contributed by atoms with van der Waals surface area (Å²) < 4.78 is 11.1. The molecule has 0 aliphatic carbocycles. The zero-order valence-corrected chi connectivity index (χ0v) is 20.8. The third kappa shape index (κ3) is 6.27. The van der Waals surface area contributed by atoms with Crippen LogP contribution in [0.25, 0.3) is 0 Å². The molecule has 2 N–H and O–H groups in total. The number of carbonyl (C=O) groups excluding carboxylic acids is 4. The summed E-state index contributed by atoms with van der Waals surface area (Å²) in [6.07, 6.45) is 6.13. The van der Waals surface area contributed by atoms with E-state index in [0.717, 1.165) is 17.9 Å². The first-order valence-electron chi connectivity index (χ1n) is 11.7. The van der Waals surface area contributed by atoms with Gasteiger partial charge in [0.05, 0.1) is 30.0 Å². The molecule has 4 amide bonds. The van der Waals surface area contributed by atoms with Gasteiger partial charge in [0.1, 0.15) is 11.8 Å². The lowest BCUT2D eigenvalue weighted by Crippen LogP contribution is -2.54. The third-order valence-electron chi connectivity index (χ3n) is 5.73. The van der Waals surface area contributed by atoms with Crippen LogP contribution in [-0.4, -0.2) is 80.4 Å². The standard InChI is InChI=1S/C26H32N4O6/c1-5-18(36-15-7-14-29(2)3)11-10-17(16-35-4)27-20-9-6-8-19-23(20)26(34)30(25(19)33)21-12-13-22(31)28-24(21)32/h5-6,8-11,21,27H,1,7,12-16H2,2-4H3,(H,28,31,32)/b17-10+,18-11+. The number of fused-ring (bicyclic) bond motifs is 1. The van der Waals surface area contributed by atoms with Crippen molar-refractivity contribution in [3.05, 3.63) is 65.6 Å². The number of hydrogen-bond donors (Lipinski definition) is 2. The lowest BCUT2D eigenvalue weighted by Gasteiger charge is -2.27. The highest BCUT2D eigenvalue weighted by atomic mass is 16.5. The van der Waals surface area contributed by atoms with Gasteiger partial charge in [-0.25, -0.2) is 0 Å². The Morgan fingerprint density at radius 2 is 2.00 bits per heavy atom. The highest BCUT2D eigenvalue weighted by Crippen LogP contribution is 2.33. The number of anilines is 1. The maximum atomic E-state index is 13.3. The summed E-state index contributed by atoms with van der Waals surface area (Å²) in [7, 11) is 5.54. The van der Waals surface area contributed by atoms with E-state index < -0.39 is 29.7 Å². The number of carbonyl (C=O) groups is 4. The van der Waals surface area contributed by atoms with Crippen molar-refractivity contribution >= 4 is 29.3 Å². The first-order valence-corrected chi connectivity index (χ1v) is 11.7. The number of ether oxygens (including phenoxy) is 2. The highest BCUT2D eigenvalue weighted by Gasteiger charge is 2.45. The molecule has 0 bridgehead atoms. The topological polar surface area (TPSA) is 117 Å². The summed E-state index contributed by atoms with van der Waals surface area (Å²) in [5.41, 5.74) is 1.38. The minimum Gasteiger partial charge on any atom is -0.494 e. The van der Waals surface area contributed by atoms with Crippen LogP contribution in [0.5, 0.6) is 0 Å². The van der Waals surface area contributed by atoms with Crippen molar-refractivity contribution in [2.24, 2.45) is 0 Å². The van der Waals surface area contributed by atoms with Gasteiger partial charge >= 0.3 is 0 Å². The molecule has 1 aromatic carbocycles. The molecule has 1 aromatic rings. The molecule has 1 saturated heterocycles. The minimum atomic E-state index is -1.03. The van der Waals surface area contributed by atoms with Crippen LogP contribution in [0.2, 0.25) is 0 Å². The Labute approximate surface area is 210 Å². The average Bonchev–Trinajstić information content (AvgIpc) is 3.09. The van der Waals surface area contributed by atoms with Crippen LogP contribution in [0.15, 0.2) is 54.5 Å². The number of benzene rings is 1. The quantitative estimate of drug-likeness (QED) is 0.196. The normalized spacial score (nSPS) is 18.4. The Bertz CT molecular complexity index is 1110. The van der Waals surface area contributed by atoms with Crippen LogP contribution in [0.3, 0.4) is 0 Å². The molecular weight excluding hydrogens is 464 g/mol. The molecule has 0 radical (unpaired) electrons. The largest absolute Gasteiger partial charge is 0.494 e. The van der Waals surface area contributed by atoms with Gasteiger partial charge in [0, 0.05) is 25.8 Å². The lowest BCUT2D eigenvalue weighted by molar-refractivity contribution is -0.136. The van der Waals surface area contributed by atoms with Crippen LogP contribution in [0.4, 0.5) is 5.69 Å². The number of nitrogens with zero attached hydrogens (tertiary/aromatic N) is 2. The fraction of sp³-hybridized carbons (Fsp3) is 0.385. The van der Waals surface area contributed by atoms with Crippen LogP contribution in [0, 0.1) is 0 Å². The van der Waals surface area contributed by atoms with Gasteiger partial charge in [0.25, 0.3) is 11.8 Å². The van der Waals surface area contributed by atoms with E-state index in [1.165, 1.54) is 0 Å². The molecule has 192 valence electrons. The molecule has 10 heteroatoms. The smallest absolute Gasteiger partial charge is 0.264 e. The van der Waals surface area contributed by atoms with E-state index in [4.69, 9.17) is 9.47 Å². The summed E-state index contributed by atoms with van der Waals surface area (Å²) in [5.74, 6) is -1.64. The van der Waals surface area contributed by atoms with Crippen molar-refractivity contribution in [3.8, 4) is 0 Å². The molecular formula is C26H32N4O6. The Balaban J connectivity index is 1.81. The van der Waals surface area contributed by atoms with E-state index >= 15 is 0 Å². The molecule has 10 nitrogen and oxygen atoms in total. The number of amides is 4. The molecule has 36 heavy (non-hydrogen) atoms. The molecule has 1 atom stereocenters. The van der Waals surface area contributed by atoms with Crippen molar-refractivity contribution in [2.75, 3.05) is 46.3 Å². The number of methoxy groups -OCH3 is 1. The monoisotopic (exact) mass is 496 g/mol. The fourth-order valence-electron chi connectivity index (χ4n) is 4.00. The highest BCUT2D eigenvalue weighted by molar-refractivity contribution is 6.25. The van der Waals surface area contributed by atoms with Crippen LogP contribution in [-0.2, 0) is 19.1 Å². The van der Waals surface area contributed by atoms with Crippen LogP contribution >= 0.6 is 0 Å². The first-order chi connectivity index (χ1) is 17.3. The van der Waals surface area contributed by atoms with E-state index in [9.17, 15) is 19.2 Å². The summed E-state index contributed by atoms with van der Waals surface area (Å²) in [5, 5.41) is 5.38. The van der Waals surface area contributed by atoms with Gasteiger partial charge in [-0.05, 0) is 57.3 Å². The molecule has 2 aliphatic heterocycles. The predicted molar refractivity (Wildman–Crippen MR) is 134 cm³/mol. The van der Waals surface area contributed by atoms with E-state index in [0.29, 0.717) is 23.8 Å². The van der Waals surface area contributed by atoms with E-state index in [1.54, 1.807) is 43.5 Å². The zero-order chi connectivity index (χ0) is 26.2. The van der Waals surface area contributed by atoms with Crippen molar-refractivity contribution < 1.29 is 28.7 Å². The molecule has 2 heterocycles. The number of rotatable bonds is 12. The Hall–Kier alpha value is -3.76. The van der Waals surface area contributed by atoms with Crippen molar-refractivity contribution in [2.45, 2.75) is 25.3 Å². The second-order valence-electron chi connectivity index (χ2n) is 8.70. The Kier molecular flexibility index (Phi) is 9.15. The second-order valence-corrected chi connectivity index (χ2v) is 8.70. The summed E-state index contributed by atoms with van der Waals surface area (Å²) in [6, 6.07) is 3.85. The Morgan fingerprint density at radius 1 is 1.22 bits per heavy atom. The molecule has 0 aromatic heterocycles. The third-order valence-corrected chi connectivity index (χ3v) is 5.73. The number of allylic oxidation sites excluding steroid dienone is 3. The van der Waals surface area contributed by atoms with Gasteiger partial charge in [-0.1, -0.05) is 12.6 Å². The lowest BCUT2D eigenvalue weighted by atomic mass is 10.0. The van der Waals surface area contributed by atoms with Crippen molar-refractivity contribution in [3.63, 3.8) is 0 Å². The van der Waals surface area contributed by atoms with Gasteiger partial charge in [-0.2, -0.15) is 0 Å². The molecule has 0 saturated carbocycles. The molecule has 2 aliphatic rings. The minimum absolute atomic E-state index is 0.0603. The molecule has 1 unspecified atom stereocenters. The van der Waals surface area contributed by atoms with Gasteiger partial charge in [-0.15, -0.1) is 0 Å². The number of imide groups is 2.